The molecule has 2 rings (SSSR count). The van der Waals surface area contributed by atoms with Gasteiger partial charge in [-0.3, -0.25) is 4.79 Å². The summed E-state index contributed by atoms with van der Waals surface area (Å²) < 4.78 is 5.59. The highest BCUT2D eigenvalue weighted by Crippen LogP contribution is 2.25. The molecule has 98 valence electrons. The normalized spacial score (nSPS) is 34.7. The molecule has 17 heavy (non-hydrogen) atoms. The van der Waals surface area contributed by atoms with Crippen LogP contribution in [0.5, 0.6) is 0 Å². The highest BCUT2D eigenvalue weighted by atomic mass is 32.2. The number of hydrogen-bond donors (Lipinski definition) is 1. The smallest absolute Gasteiger partial charge is 0.225 e. The monoisotopic (exact) mass is 258 g/mol. The number of thioether (sulfide) groups is 1. The third-order valence-corrected chi connectivity index (χ3v) is 4.95. The average molecular weight is 258 g/mol. The first-order chi connectivity index (χ1) is 8.18. The van der Waals surface area contributed by atoms with Gasteiger partial charge in [0, 0.05) is 36.7 Å². The molecular weight excluding hydrogens is 236 g/mol. The average Bonchev–Trinajstić information content (AvgIpc) is 2.34. The molecule has 1 N–H and O–H groups in total. The summed E-state index contributed by atoms with van der Waals surface area (Å²) in [6.07, 6.45) is 0.586. The summed E-state index contributed by atoms with van der Waals surface area (Å²) in [6, 6.07) is 0.345. The molecule has 0 saturated carbocycles. The summed E-state index contributed by atoms with van der Waals surface area (Å²) in [5, 5.41) is 3.80. The van der Waals surface area contributed by atoms with Gasteiger partial charge in [0.15, 0.2) is 0 Å². The molecule has 0 aliphatic carbocycles. The topological polar surface area (TPSA) is 41.6 Å². The van der Waals surface area contributed by atoms with Gasteiger partial charge in [0.1, 0.15) is 0 Å². The Balaban J connectivity index is 1.85. The molecule has 0 spiro atoms. The molecule has 0 aromatic rings. The van der Waals surface area contributed by atoms with Crippen LogP contribution in [0.2, 0.25) is 0 Å². The number of carbonyl (C=O) groups is 1. The Morgan fingerprint density at radius 3 is 3.06 bits per heavy atom. The van der Waals surface area contributed by atoms with Gasteiger partial charge >= 0.3 is 0 Å². The minimum Gasteiger partial charge on any atom is -0.375 e. The predicted octanol–water partition coefficient (Wildman–Crippen LogP) is 0.717. The number of hydrogen-bond acceptors (Lipinski definition) is 4. The third-order valence-electron chi connectivity index (χ3n) is 3.61. The van der Waals surface area contributed by atoms with Crippen molar-refractivity contribution in [2.75, 3.05) is 32.0 Å². The van der Waals surface area contributed by atoms with Crippen molar-refractivity contribution in [1.29, 1.82) is 0 Å². The van der Waals surface area contributed by atoms with Crippen LogP contribution in [-0.2, 0) is 9.53 Å². The van der Waals surface area contributed by atoms with Crippen LogP contribution < -0.4 is 5.32 Å². The molecule has 3 unspecified atom stereocenters. The van der Waals surface area contributed by atoms with Crippen LogP contribution in [0, 0.1) is 0 Å². The van der Waals surface area contributed by atoms with Gasteiger partial charge in [0.2, 0.25) is 5.91 Å². The first-order valence-corrected chi connectivity index (χ1v) is 7.46. The molecule has 2 aliphatic rings. The molecule has 0 bridgehead atoms. The fraction of sp³-hybridized carbons (Fsp3) is 0.917. The number of amides is 1. The number of rotatable bonds is 2. The lowest BCUT2D eigenvalue weighted by Gasteiger charge is -2.38. The Morgan fingerprint density at radius 1 is 1.53 bits per heavy atom. The SMILES string of the molecule is CC1SCCN(C(=O)CC2CNCCO2)C1C. The summed E-state index contributed by atoms with van der Waals surface area (Å²) in [6.45, 7) is 7.66. The van der Waals surface area contributed by atoms with Crippen molar-refractivity contribution in [2.24, 2.45) is 0 Å². The van der Waals surface area contributed by atoms with Crippen molar-refractivity contribution in [3.8, 4) is 0 Å². The van der Waals surface area contributed by atoms with E-state index in [1.54, 1.807) is 0 Å². The first kappa shape index (κ1) is 13.2. The van der Waals surface area contributed by atoms with Crippen LogP contribution in [0.3, 0.4) is 0 Å². The highest BCUT2D eigenvalue weighted by molar-refractivity contribution is 8.00. The van der Waals surface area contributed by atoms with Crippen LogP contribution in [0.25, 0.3) is 0 Å². The lowest BCUT2D eigenvalue weighted by Crippen LogP contribution is -2.50. The van der Waals surface area contributed by atoms with Crippen LogP contribution in [0.4, 0.5) is 0 Å². The number of nitrogens with one attached hydrogen (secondary N) is 1. The van der Waals surface area contributed by atoms with E-state index in [2.05, 4.69) is 19.2 Å². The van der Waals surface area contributed by atoms with Gasteiger partial charge in [-0.2, -0.15) is 11.8 Å². The molecule has 3 atom stereocenters. The second kappa shape index (κ2) is 6.07. The van der Waals surface area contributed by atoms with Crippen LogP contribution in [0.15, 0.2) is 0 Å². The Labute approximate surface area is 107 Å². The van der Waals surface area contributed by atoms with Crippen molar-refractivity contribution in [3.05, 3.63) is 0 Å². The molecule has 0 aromatic carbocycles. The molecule has 2 heterocycles. The molecular formula is C12H22N2O2S. The lowest BCUT2D eigenvalue weighted by molar-refractivity contribution is -0.136. The minimum atomic E-state index is 0.0633. The van der Waals surface area contributed by atoms with Gasteiger partial charge in [-0.1, -0.05) is 6.92 Å². The molecule has 5 heteroatoms. The summed E-state index contributed by atoms with van der Waals surface area (Å²) in [5.74, 6) is 1.31. The molecule has 2 fully saturated rings. The van der Waals surface area contributed by atoms with E-state index in [0.717, 1.165) is 32.0 Å². The first-order valence-electron chi connectivity index (χ1n) is 6.42. The largest absolute Gasteiger partial charge is 0.375 e. The summed E-state index contributed by atoms with van der Waals surface area (Å²) >= 11 is 1.96. The number of morpholine rings is 1. The van der Waals surface area contributed by atoms with Crippen LogP contribution in [0.1, 0.15) is 20.3 Å². The number of ether oxygens (including phenoxy) is 1. The quantitative estimate of drug-likeness (QED) is 0.792. The summed E-state index contributed by atoms with van der Waals surface area (Å²) in [4.78, 5) is 14.3. The van der Waals surface area contributed by atoms with Crippen molar-refractivity contribution < 1.29 is 9.53 Å². The summed E-state index contributed by atoms with van der Waals surface area (Å²) in [7, 11) is 0. The Morgan fingerprint density at radius 2 is 2.35 bits per heavy atom. The molecule has 0 aromatic heterocycles. The lowest BCUT2D eigenvalue weighted by atomic mass is 10.1. The minimum absolute atomic E-state index is 0.0633. The Hall–Kier alpha value is -0.260. The Bertz CT molecular complexity index is 269. The van der Waals surface area contributed by atoms with E-state index in [9.17, 15) is 4.79 Å². The van der Waals surface area contributed by atoms with E-state index < -0.39 is 0 Å². The zero-order chi connectivity index (χ0) is 12.3. The maximum absolute atomic E-state index is 12.2. The van der Waals surface area contributed by atoms with E-state index in [0.29, 0.717) is 17.7 Å². The fourth-order valence-corrected chi connectivity index (χ4v) is 3.45. The van der Waals surface area contributed by atoms with Gasteiger partial charge in [-0.15, -0.1) is 0 Å². The molecule has 2 saturated heterocycles. The van der Waals surface area contributed by atoms with E-state index in [4.69, 9.17) is 4.74 Å². The standard InChI is InChI=1S/C12H22N2O2S/c1-9-10(2)17-6-4-14(9)12(15)7-11-8-13-3-5-16-11/h9-11,13H,3-8H2,1-2H3. The molecule has 2 aliphatic heterocycles. The van der Waals surface area contributed by atoms with Gasteiger partial charge in [0.25, 0.3) is 0 Å². The molecule has 1 amide bonds. The van der Waals surface area contributed by atoms with Crippen molar-refractivity contribution in [3.63, 3.8) is 0 Å². The van der Waals surface area contributed by atoms with Gasteiger partial charge in [-0.25, -0.2) is 0 Å². The fourth-order valence-electron chi connectivity index (χ4n) is 2.35. The maximum atomic E-state index is 12.2. The molecule has 0 radical (unpaired) electrons. The predicted molar refractivity (Wildman–Crippen MR) is 70.3 cm³/mol. The van der Waals surface area contributed by atoms with E-state index in [1.807, 2.05) is 16.7 Å². The Kier molecular flexibility index (Phi) is 4.70. The van der Waals surface area contributed by atoms with E-state index >= 15 is 0 Å². The van der Waals surface area contributed by atoms with Crippen LogP contribution in [-0.4, -0.2) is 60.2 Å². The van der Waals surface area contributed by atoms with Crippen LogP contribution >= 0.6 is 11.8 Å². The number of carbonyl (C=O) groups excluding carboxylic acids is 1. The zero-order valence-corrected chi connectivity index (χ0v) is 11.5. The number of nitrogens with zero attached hydrogens (tertiary/aromatic N) is 1. The third kappa shape index (κ3) is 3.36. The second-order valence-corrected chi connectivity index (χ2v) is 6.29. The van der Waals surface area contributed by atoms with Crippen molar-refractivity contribution in [1.82, 2.24) is 10.2 Å². The summed E-state index contributed by atoms with van der Waals surface area (Å²) in [5.41, 5.74) is 0. The van der Waals surface area contributed by atoms with Crippen molar-refractivity contribution in [2.45, 2.75) is 37.7 Å². The van der Waals surface area contributed by atoms with Gasteiger partial charge in [-0.05, 0) is 6.92 Å². The van der Waals surface area contributed by atoms with Gasteiger partial charge < -0.3 is 15.0 Å². The maximum Gasteiger partial charge on any atom is 0.225 e. The molecule has 4 nitrogen and oxygen atoms in total. The zero-order valence-electron chi connectivity index (χ0n) is 10.6. The second-order valence-electron chi connectivity index (χ2n) is 4.80. The van der Waals surface area contributed by atoms with E-state index in [1.165, 1.54) is 0 Å². The van der Waals surface area contributed by atoms with Gasteiger partial charge in [0.05, 0.1) is 19.1 Å². The highest BCUT2D eigenvalue weighted by Gasteiger charge is 2.30. The van der Waals surface area contributed by atoms with E-state index in [-0.39, 0.29) is 12.0 Å². The van der Waals surface area contributed by atoms with Crippen molar-refractivity contribution >= 4 is 17.7 Å².